The molecule has 67 heavy (non-hydrogen) atoms. The first-order valence-electron chi connectivity index (χ1n) is 20.4. The Kier molecular flexibility index (Phi) is 25.9. The van der Waals surface area contributed by atoms with Gasteiger partial charge < -0.3 is 69.1 Å². The number of aliphatic carboxylic acids is 4. The Morgan fingerprint density at radius 2 is 0.612 bits per heavy atom. The number of nitrogens with zero attached hydrogens (tertiary/aromatic N) is 12. The summed E-state index contributed by atoms with van der Waals surface area (Å²) in [4.78, 5) is 95.9. The van der Waals surface area contributed by atoms with Crippen LogP contribution in [0.15, 0.2) is 20.6 Å². The van der Waals surface area contributed by atoms with Crippen molar-refractivity contribution in [3.8, 4) is 0 Å². The van der Waals surface area contributed by atoms with E-state index < -0.39 is 23.9 Å². The van der Waals surface area contributed by atoms with Gasteiger partial charge in [0.25, 0.3) is 0 Å². The van der Waals surface area contributed by atoms with Crippen LogP contribution in [0.3, 0.4) is 0 Å². The highest BCUT2D eigenvalue weighted by Crippen LogP contribution is 2.21. The molecule has 4 aromatic rings. The third-order valence-corrected chi connectivity index (χ3v) is 10.6. The van der Waals surface area contributed by atoms with E-state index in [9.17, 15) is 19.2 Å². The topological polar surface area (TPSA) is 440 Å². The summed E-state index contributed by atoms with van der Waals surface area (Å²) in [5.74, 6) is -1.34. The molecule has 4 rings (SSSR count). The Balaban J connectivity index is 0.00000587. The van der Waals surface area contributed by atoms with Crippen LogP contribution in [0.5, 0.6) is 0 Å². The molecule has 0 bridgehead atoms. The Labute approximate surface area is 400 Å². The fourth-order valence-electron chi connectivity index (χ4n) is 4.40. The first kappa shape index (κ1) is 55.0. The van der Waals surface area contributed by atoms with E-state index in [1.54, 1.807) is 0 Å². The average Bonchev–Trinajstić information content (AvgIpc) is 3.27. The van der Waals surface area contributed by atoms with Crippen LogP contribution in [0.1, 0.15) is 39.5 Å². The number of thioether (sulfide) groups is 4. The van der Waals surface area contributed by atoms with Gasteiger partial charge in [-0.15, -0.1) is 0 Å². The maximum atomic E-state index is 11.2. The number of carbonyl (C=O) groups is 4. The maximum absolute atomic E-state index is 11.2. The van der Waals surface area contributed by atoms with Gasteiger partial charge in [0, 0.05) is 75.4 Å². The van der Waals surface area contributed by atoms with Crippen LogP contribution < -0.4 is 48.7 Å². The zero-order valence-electron chi connectivity index (χ0n) is 36.4. The quantitative estimate of drug-likeness (QED) is 0.0231. The molecule has 4 heterocycles. The summed E-state index contributed by atoms with van der Waals surface area (Å²) in [5, 5.41) is 58.8. The molecule has 15 N–H and O–H groups in total. The third-order valence-electron chi connectivity index (χ3n) is 7.17. The minimum Gasteiger partial charge on any atom is -0.481 e. The number of carboxylic acid groups (broad SMARTS) is 4. The van der Waals surface area contributed by atoms with Crippen molar-refractivity contribution >= 4 is 119 Å². The average molecular weight is 1010 g/mol. The van der Waals surface area contributed by atoms with Gasteiger partial charge in [-0.2, -0.15) is 59.8 Å². The third kappa shape index (κ3) is 24.1. The number of hydrogen-bond acceptors (Lipinski definition) is 29. The van der Waals surface area contributed by atoms with Crippen LogP contribution in [0.2, 0.25) is 0 Å². The minimum absolute atomic E-state index is 0.0298. The molecule has 366 valence electrons. The highest BCUT2D eigenvalue weighted by Gasteiger charge is 2.13. The van der Waals surface area contributed by atoms with Crippen LogP contribution in [-0.2, 0) is 19.2 Å². The van der Waals surface area contributed by atoms with E-state index in [0.29, 0.717) is 37.9 Å². The fourth-order valence-corrected chi connectivity index (χ4v) is 7.45. The van der Waals surface area contributed by atoms with Crippen LogP contribution in [0, 0.1) is 0 Å². The minimum atomic E-state index is -0.967. The molecule has 0 aromatic carbocycles. The van der Waals surface area contributed by atoms with Crippen molar-refractivity contribution in [2.24, 2.45) is 5.73 Å². The summed E-state index contributed by atoms with van der Waals surface area (Å²) in [6.45, 7) is 6.48. The molecule has 0 radical (unpaired) electrons. The second-order valence-electron chi connectivity index (χ2n) is 12.3. The van der Waals surface area contributed by atoms with E-state index >= 15 is 0 Å². The number of rotatable bonds is 34. The summed E-state index contributed by atoms with van der Waals surface area (Å²) >= 11 is 4.59. The first-order valence-corrected chi connectivity index (χ1v) is 24.3. The first-order chi connectivity index (χ1) is 32.3. The molecule has 0 aliphatic carbocycles. The highest BCUT2D eigenvalue weighted by atomic mass is 32.2. The van der Waals surface area contributed by atoms with E-state index in [0.717, 1.165) is 35.3 Å². The van der Waals surface area contributed by atoms with E-state index in [-0.39, 0.29) is 131 Å². The van der Waals surface area contributed by atoms with Crippen molar-refractivity contribution in [2.45, 2.75) is 60.2 Å². The smallest absolute Gasteiger partial charge is 0.304 e. The van der Waals surface area contributed by atoms with Gasteiger partial charge in [0.05, 0.1) is 25.7 Å². The summed E-state index contributed by atoms with van der Waals surface area (Å²) in [6.07, 6.45) is -0.353. The number of carboxylic acids is 4. The van der Waals surface area contributed by atoms with Gasteiger partial charge in [-0.05, 0) is 0 Å². The van der Waals surface area contributed by atoms with Crippen molar-refractivity contribution in [1.82, 2.24) is 59.8 Å². The largest absolute Gasteiger partial charge is 0.481 e. The molecular formula is C34H53N21O8S4. The monoisotopic (exact) mass is 1010 g/mol. The Morgan fingerprint density at radius 1 is 0.388 bits per heavy atom. The lowest BCUT2D eigenvalue weighted by Crippen LogP contribution is -2.21. The summed E-state index contributed by atoms with van der Waals surface area (Å²) in [5.41, 5.74) is 11.4. The van der Waals surface area contributed by atoms with Crippen molar-refractivity contribution in [3.63, 3.8) is 0 Å². The lowest BCUT2D eigenvalue weighted by atomic mass is 10.5. The van der Waals surface area contributed by atoms with E-state index in [1.165, 1.54) is 11.8 Å². The van der Waals surface area contributed by atoms with Gasteiger partial charge in [-0.25, -0.2) is 0 Å². The van der Waals surface area contributed by atoms with Gasteiger partial charge in [0.1, 0.15) is 0 Å². The van der Waals surface area contributed by atoms with Gasteiger partial charge in [-0.3, -0.25) is 19.2 Å². The summed E-state index contributed by atoms with van der Waals surface area (Å²) in [7, 11) is 0. The molecule has 0 aliphatic heterocycles. The molecule has 0 amide bonds. The zero-order chi connectivity index (χ0) is 48.8. The molecule has 33 heteroatoms. The zero-order valence-corrected chi connectivity index (χ0v) is 39.7. The molecule has 0 unspecified atom stereocenters. The van der Waals surface area contributed by atoms with Crippen LogP contribution in [0.25, 0.3) is 0 Å². The van der Waals surface area contributed by atoms with Crippen molar-refractivity contribution < 1.29 is 39.6 Å². The van der Waals surface area contributed by atoms with Gasteiger partial charge in [-0.1, -0.05) is 60.9 Å². The molecule has 0 saturated carbocycles. The van der Waals surface area contributed by atoms with Gasteiger partial charge in [0.15, 0.2) is 20.6 Å². The predicted molar refractivity (Wildman–Crippen MR) is 255 cm³/mol. The molecular weight excluding hydrogens is 959 g/mol. The van der Waals surface area contributed by atoms with Crippen molar-refractivity contribution in [1.29, 1.82) is 0 Å². The molecule has 0 fully saturated rings. The predicted octanol–water partition coefficient (Wildman–Crippen LogP) is 1.24. The summed E-state index contributed by atoms with van der Waals surface area (Å²) < 4.78 is 0. The van der Waals surface area contributed by atoms with Crippen molar-refractivity contribution in [2.75, 3.05) is 118 Å². The number of nitrogens with two attached hydrogens (primary N) is 2. The number of nitrogen functional groups attached to an aromatic ring is 1. The Hall–Kier alpha value is -6.32. The lowest BCUT2D eigenvalue weighted by molar-refractivity contribution is -0.137. The molecule has 0 saturated heterocycles. The second-order valence-corrected chi connectivity index (χ2v) is 16.6. The van der Waals surface area contributed by atoms with Crippen molar-refractivity contribution in [3.05, 3.63) is 0 Å². The Bertz CT molecular complexity index is 2190. The number of aromatic nitrogens is 12. The van der Waals surface area contributed by atoms with E-state index in [4.69, 9.17) is 31.9 Å². The lowest BCUT2D eigenvalue weighted by Gasteiger charge is -2.12. The maximum Gasteiger partial charge on any atom is 0.304 e. The van der Waals surface area contributed by atoms with Gasteiger partial charge in [0.2, 0.25) is 47.6 Å². The summed E-state index contributed by atoms with van der Waals surface area (Å²) in [6, 6.07) is 0. The molecule has 0 aliphatic rings. The van der Waals surface area contributed by atoms with Gasteiger partial charge >= 0.3 is 23.9 Å². The highest BCUT2D eigenvalue weighted by molar-refractivity contribution is 7.99. The normalized spacial score (nSPS) is 10.6. The molecule has 29 nitrogen and oxygen atoms in total. The SMILES string of the molecule is CC.NCCNc1nc(NCCNc2nc(NCCNc3nc(NCCNc4nc(N)nc(SCCC(=O)O)n4)nc(SCCC(=O)O)n3)nc(SCCC(=O)O)n2)nc(SCCC(=O)O)n1. The molecule has 0 spiro atoms. The number of hydrogen-bond donors (Lipinski definition) is 13. The Morgan fingerprint density at radius 3 is 0.851 bits per heavy atom. The standard InChI is InChI=1S/C32H47N21O8S4.C2H6/c33-5-6-35-23-44-24(49-30(48-23)63-14-2-18(56)57)38-9-10-39-27-46-28(53-32(52-27)65-16-4-20(60)61)41-12-11-40-26-45-25(50-31(51-26)64-15-3-19(58)59)37-8-7-36-22-42-21(34)43-29(47-22)62-13-1-17(54)55;1-2/h1-16,33H2,(H,54,55)(H,56,57)(H,58,59)(H,60,61)(H3,34,36,42,43,47)(H2,35,38,44,48,49)(H2,37,40,45,50,51)(H2,39,41,46,52,53);1-2H3. The van der Waals surface area contributed by atoms with Crippen LogP contribution in [0.4, 0.5) is 47.6 Å². The number of anilines is 8. The number of nitrogens with one attached hydrogen (secondary N) is 7. The molecule has 4 aromatic heterocycles. The second kappa shape index (κ2) is 31.6. The van der Waals surface area contributed by atoms with E-state index in [1.807, 2.05) is 13.8 Å². The van der Waals surface area contributed by atoms with Crippen LogP contribution >= 0.6 is 47.0 Å². The van der Waals surface area contributed by atoms with Crippen LogP contribution in [-0.4, -0.2) is 179 Å². The molecule has 0 atom stereocenters. The fraction of sp³-hybridized carbons (Fsp3) is 0.529. The van der Waals surface area contributed by atoms with E-state index in [2.05, 4.69) is 97.0 Å².